The van der Waals surface area contributed by atoms with Crippen molar-refractivity contribution in [1.82, 2.24) is 0 Å². The first kappa shape index (κ1) is 20.8. The third kappa shape index (κ3) is 5.55. The van der Waals surface area contributed by atoms with Gasteiger partial charge in [-0.25, -0.2) is 0 Å². The van der Waals surface area contributed by atoms with Gasteiger partial charge in [0.1, 0.15) is 0 Å². The summed E-state index contributed by atoms with van der Waals surface area (Å²) < 4.78 is 0. The molecular formula is C26H24N2O2. The van der Waals surface area contributed by atoms with E-state index in [1.807, 2.05) is 55.5 Å². The highest BCUT2D eigenvalue weighted by molar-refractivity contribution is 5.67. The van der Waals surface area contributed by atoms with E-state index >= 15 is 0 Å². The first-order valence-electron chi connectivity index (χ1n) is 9.66. The molecule has 0 bridgehead atoms. The monoisotopic (exact) mass is 396 g/mol. The van der Waals surface area contributed by atoms with Gasteiger partial charge in [-0.3, -0.25) is 10.1 Å². The molecule has 0 fully saturated rings. The molecule has 30 heavy (non-hydrogen) atoms. The number of non-ortho nitro benzene ring substituents is 1. The Balaban J connectivity index is 0.000000172. The minimum atomic E-state index is -0.377. The first-order chi connectivity index (χ1) is 14.4. The zero-order valence-corrected chi connectivity index (χ0v) is 17.1. The molecule has 4 rings (SSSR count). The lowest BCUT2D eigenvalue weighted by Crippen LogP contribution is -1.88. The molecule has 4 aromatic carbocycles. The molecule has 2 N–H and O–H groups in total. The summed E-state index contributed by atoms with van der Waals surface area (Å²) in [7, 11) is 0. The average Bonchev–Trinajstić information content (AvgIpc) is 2.75. The van der Waals surface area contributed by atoms with Crippen LogP contribution in [-0.4, -0.2) is 4.92 Å². The molecule has 0 aliphatic rings. The highest BCUT2D eigenvalue weighted by Gasteiger charge is 2.06. The number of nitro benzene ring substituents is 1. The van der Waals surface area contributed by atoms with E-state index in [-0.39, 0.29) is 10.6 Å². The number of rotatable bonds is 3. The van der Waals surface area contributed by atoms with Gasteiger partial charge in [0.2, 0.25) is 0 Å². The summed E-state index contributed by atoms with van der Waals surface area (Å²) in [6.07, 6.45) is 0. The quantitative estimate of drug-likeness (QED) is 0.235. The van der Waals surface area contributed by atoms with Crippen molar-refractivity contribution in [3.05, 3.63) is 118 Å². The highest BCUT2D eigenvalue weighted by Crippen LogP contribution is 2.24. The van der Waals surface area contributed by atoms with Gasteiger partial charge < -0.3 is 5.73 Å². The van der Waals surface area contributed by atoms with Crippen LogP contribution in [0.15, 0.2) is 97.1 Å². The van der Waals surface area contributed by atoms with Crippen LogP contribution < -0.4 is 5.73 Å². The third-order valence-electron chi connectivity index (χ3n) is 4.71. The van der Waals surface area contributed by atoms with Gasteiger partial charge in [0.25, 0.3) is 5.69 Å². The Morgan fingerprint density at radius 3 is 1.57 bits per heavy atom. The Morgan fingerprint density at radius 1 is 0.633 bits per heavy atom. The summed E-state index contributed by atoms with van der Waals surface area (Å²) >= 11 is 0. The number of aryl methyl sites for hydroxylation is 2. The molecule has 0 aliphatic heterocycles. The van der Waals surface area contributed by atoms with Crippen LogP contribution in [0.4, 0.5) is 11.4 Å². The summed E-state index contributed by atoms with van der Waals surface area (Å²) in [6.45, 7) is 4.10. The van der Waals surface area contributed by atoms with Gasteiger partial charge in [0, 0.05) is 17.8 Å². The maximum atomic E-state index is 10.6. The molecule has 0 atom stereocenters. The lowest BCUT2D eigenvalue weighted by molar-refractivity contribution is -0.384. The van der Waals surface area contributed by atoms with E-state index in [0.717, 1.165) is 16.8 Å². The van der Waals surface area contributed by atoms with Crippen LogP contribution in [0.3, 0.4) is 0 Å². The van der Waals surface area contributed by atoms with Crippen molar-refractivity contribution in [2.45, 2.75) is 13.8 Å². The lowest BCUT2D eigenvalue weighted by Gasteiger charge is -2.02. The van der Waals surface area contributed by atoms with Crippen LogP contribution in [-0.2, 0) is 0 Å². The number of hydrogen-bond acceptors (Lipinski definition) is 3. The van der Waals surface area contributed by atoms with Gasteiger partial charge in [0.05, 0.1) is 4.92 Å². The van der Waals surface area contributed by atoms with Crippen LogP contribution in [0, 0.1) is 24.0 Å². The summed E-state index contributed by atoms with van der Waals surface area (Å²) in [5, 5.41) is 10.6. The van der Waals surface area contributed by atoms with E-state index in [1.54, 1.807) is 12.1 Å². The number of anilines is 1. The molecule has 0 spiro atoms. The molecule has 4 aromatic rings. The predicted molar refractivity (Wildman–Crippen MR) is 124 cm³/mol. The van der Waals surface area contributed by atoms with Gasteiger partial charge in [-0.15, -0.1) is 0 Å². The van der Waals surface area contributed by atoms with Crippen molar-refractivity contribution in [3.63, 3.8) is 0 Å². The standard InChI is InChI=1S/C13H11NO2.C13H13N/c1-10-5-7-11(8-6-10)12-3-2-4-13(9-12)14(15)16;1-10-5-7-11(8-6-10)12-3-2-4-13(14)9-12/h2-9H,1H3;2-9H,14H2,1H3. The van der Waals surface area contributed by atoms with Gasteiger partial charge in [0.15, 0.2) is 0 Å². The van der Waals surface area contributed by atoms with Gasteiger partial charge in [-0.05, 0) is 48.2 Å². The van der Waals surface area contributed by atoms with Crippen molar-refractivity contribution in [1.29, 1.82) is 0 Å². The molecule has 0 saturated heterocycles. The molecule has 4 heteroatoms. The molecule has 0 unspecified atom stereocenters. The molecule has 150 valence electrons. The van der Waals surface area contributed by atoms with E-state index in [4.69, 9.17) is 5.73 Å². The smallest absolute Gasteiger partial charge is 0.270 e. The lowest BCUT2D eigenvalue weighted by atomic mass is 10.0. The number of nitrogens with zero attached hydrogens (tertiary/aromatic N) is 1. The Labute approximate surface area is 176 Å². The summed E-state index contributed by atoms with van der Waals surface area (Å²) in [5.74, 6) is 0. The normalized spacial score (nSPS) is 10.1. The second kappa shape index (κ2) is 9.52. The molecule has 0 saturated carbocycles. The SMILES string of the molecule is Cc1ccc(-c2cccc(N)c2)cc1.Cc1ccc(-c2cccc([N+](=O)[O-])c2)cc1. The first-order valence-corrected chi connectivity index (χ1v) is 9.66. The minimum absolute atomic E-state index is 0.123. The highest BCUT2D eigenvalue weighted by atomic mass is 16.6. The largest absolute Gasteiger partial charge is 0.399 e. The van der Waals surface area contributed by atoms with Crippen molar-refractivity contribution >= 4 is 11.4 Å². The zero-order valence-electron chi connectivity index (χ0n) is 17.1. The fourth-order valence-corrected chi connectivity index (χ4v) is 3.01. The number of nitrogen functional groups attached to an aromatic ring is 1. The third-order valence-corrected chi connectivity index (χ3v) is 4.71. The van der Waals surface area contributed by atoms with E-state index in [0.29, 0.717) is 0 Å². The van der Waals surface area contributed by atoms with Gasteiger partial charge >= 0.3 is 0 Å². The van der Waals surface area contributed by atoms with Crippen LogP contribution in [0.1, 0.15) is 11.1 Å². The maximum Gasteiger partial charge on any atom is 0.270 e. The Hall–Kier alpha value is -3.92. The van der Waals surface area contributed by atoms with Crippen LogP contribution in [0.5, 0.6) is 0 Å². The van der Waals surface area contributed by atoms with Crippen molar-refractivity contribution in [2.24, 2.45) is 0 Å². The summed E-state index contributed by atoms with van der Waals surface area (Å²) in [5.41, 5.74) is 13.4. The van der Waals surface area contributed by atoms with Crippen molar-refractivity contribution < 1.29 is 4.92 Å². The summed E-state index contributed by atoms with van der Waals surface area (Å²) in [4.78, 5) is 10.3. The van der Waals surface area contributed by atoms with E-state index in [2.05, 4.69) is 37.3 Å². The molecule has 0 aliphatic carbocycles. The molecule has 0 amide bonds. The molecule has 0 radical (unpaired) electrons. The van der Waals surface area contributed by atoms with Crippen LogP contribution in [0.25, 0.3) is 22.3 Å². The number of benzene rings is 4. The fraction of sp³-hybridized carbons (Fsp3) is 0.0769. The molecule has 0 heterocycles. The number of nitrogens with two attached hydrogens (primary N) is 1. The fourth-order valence-electron chi connectivity index (χ4n) is 3.01. The number of nitro groups is 1. The average molecular weight is 396 g/mol. The predicted octanol–water partition coefficient (Wildman–Crippen LogP) is 6.81. The maximum absolute atomic E-state index is 10.6. The van der Waals surface area contributed by atoms with Crippen LogP contribution >= 0.6 is 0 Å². The molecule has 0 aromatic heterocycles. The van der Waals surface area contributed by atoms with Gasteiger partial charge in [-0.1, -0.05) is 83.9 Å². The topological polar surface area (TPSA) is 69.2 Å². The van der Waals surface area contributed by atoms with Gasteiger partial charge in [-0.2, -0.15) is 0 Å². The van der Waals surface area contributed by atoms with E-state index in [9.17, 15) is 10.1 Å². The molecule has 4 nitrogen and oxygen atoms in total. The minimum Gasteiger partial charge on any atom is -0.399 e. The van der Waals surface area contributed by atoms with Crippen molar-refractivity contribution in [3.8, 4) is 22.3 Å². The Morgan fingerprint density at radius 2 is 1.10 bits per heavy atom. The second-order valence-electron chi connectivity index (χ2n) is 7.16. The Kier molecular flexibility index (Phi) is 6.60. The number of hydrogen-bond donors (Lipinski definition) is 1. The Bertz CT molecular complexity index is 1130. The van der Waals surface area contributed by atoms with E-state index < -0.39 is 0 Å². The van der Waals surface area contributed by atoms with E-state index in [1.165, 1.54) is 28.3 Å². The zero-order chi connectivity index (χ0) is 21.5. The summed E-state index contributed by atoms with van der Waals surface area (Å²) in [6, 6.07) is 31.0. The van der Waals surface area contributed by atoms with Crippen LogP contribution in [0.2, 0.25) is 0 Å². The second-order valence-corrected chi connectivity index (χ2v) is 7.16. The van der Waals surface area contributed by atoms with Crippen molar-refractivity contribution in [2.75, 3.05) is 5.73 Å². The molecular weight excluding hydrogens is 372 g/mol.